The number of hydrogen-bond acceptors (Lipinski definition) is 5. The summed E-state index contributed by atoms with van der Waals surface area (Å²) in [6.07, 6.45) is -1.21. The molecule has 1 unspecified atom stereocenters. The van der Waals surface area contributed by atoms with Gasteiger partial charge in [-0.1, -0.05) is 17.3 Å². The van der Waals surface area contributed by atoms with Crippen LogP contribution in [0.4, 0.5) is 13.2 Å². The van der Waals surface area contributed by atoms with Crippen LogP contribution in [-0.4, -0.2) is 42.3 Å². The van der Waals surface area contributed by atoms with Crippen LogP contribution in [-0.2, 0) is 27.1 Å². The normalized spacial score (nSPS) is 20.9. The maximum absolute atomic E-state index is 12.6. The van der Waals surface area contributed by atoms with Gasteiger partial charge in [0.15, 0.2) is 0 Å². The highest BCUT2D eigenvalue weighted by Gasteiger charge is 2.32. The van der Waals surface area contributed by atoms with Gasteiger partial charge in [-0.2, -0.15) is 13.2 Å². The predicted molar refractivity (Wildman–Crippen MR) is 98.4 cm³/mol. The fourth-order valence-electron chi connectivity index (χ4n) is 3.16. The van der Waals surface area contributed by atoms with Crippen molar-refractivity contribution < 1.29 is 27.5 Å². The molecule has 2 aliphatic heterocycles. The number of rotatable bonds is 4. The number of carbonyl (C=O) groups is 1. The van der Waals surface area contributed by atoms with Gasteiger partial charge >= 0.3 is 6.18 Å². The number of halogens is 4. The lowest BCUT2D eigenvalue weighted by atomic mass is 9.90. The van der Waals surface area contributed by atoms with E-state index in [1.165, 1.54) is 7.11 Å². The summed E-state index contributed by atoms with van der Waals surface area (Å²) < 4.78 is 42.4. The Labute approximate surface area is 164 Å². The SMILES string of the molecule is COC=O.FC(F)(F)c1ccc(CN2CCC(C3CC(Br)=NO3)CC2)cc1. The van der Waals surface area contributed by atoms with E-state index in [0.717, 1.165) is 54.7 Å². The molecule has 0 N–H and O–H groups in total. The van der Waals surface area contributed by atoms with Crippen LogP contribution in [0.2, 0.25) is 0 Å². The summed E-state index contributed by atoms with van der Waals surface area (Å²) >= 11 is 3.36. The van der Waals surface area contributed by atoms with E-state index in [0.29, 0.717) is 18.9 Å². The molecule has 2 aliphatic rings. The van der Waals surface area contributed by atoms with Gasteiger partial charge in [0.2, 0.25) is 0 Å². The Morgan fingerprint density at radius 1 is 1.30 bits per heavy atom. The molecule has 0 radical (unpaired) electrons. The van der Waals surface area contributed by atoms with Crippen LogP contribution >= 0.6 is 15.9 Å². The molecular weight excluding hydrogens is 429 g/mol. The topological polar surface area (TPSA) is 51.1 Å². The van der Waals surface area contributed by atoms with Gasteiger partial charge in [-0.25, -0.2) is 0 Å². The fourth-order valence-corrected chi connectivity index (χ4v) is 3.56. The highest BCUT2D eigenvalue weighted by molar-refractivity contribution is 9.18. The van der Waals surface area contributed by atoms with E-state index in [2.05, 4.69) is 30.7 Å². The lowest BCUT2D eigenvalue weighted by molar-refractivity contribution is -0.137. The average molecular weight is 451 g/mol. The molecule has 150 valence electrons. The van der Waals surface area contributed by atoms with Crippen LogP contribution in [0.5, 0.6) is 0 Å². The molecule has 0 aromatic heterocycles. The molecule has 1 aromatic carbocycles. The maximum atomic E-state index is 12.6. The van der Waals surface area contributed by atoms with Gasteiger partial charge in [-0.15, -0.1) is 0 Å². The number of oxime groups is 1. The van der Waals surface area contributed by atoms with Gasteiger partial charge in [0, 0.05) is 18.9 Å². The average Bonchev–Trinajstić information content (AvgIpc) is 3.09. The third-order valence-electron chi connectivity index (χ3n) is 4.60. The monoisotopic (exact) mass is 450 g/mol. The molecule has 27 heavy (non-hydrogen) atoms. The van der Waals surface area contributed by atoms with E-state index in [4.69, 9.17) is 9.63 Å². The van der Waals surface area contributed by atoms with Crippen LogP contribution in [0.25, 0.3) is 0 Å². The number of nitrogens with zero attached hydrogens (tertiary/aromatic N) is 2. The fraction of sp³-hybridized carbons (Fsp3) is 0.556. The summed E-state index contributed by atoms with van der Waals surface area (Å²) in [5, 5.41) is 3.94. The molecular formula is C18H22BrF3N2O3. The molecule has 1 aromatic rings. The molecule has 0 spiro atoms. The second kappa shape index (κ2) is 10.1. The minimum Gasteiger partial charge on any atom is -0.471 e. The van der Waals surface area contributed by atoms with Gasteiger partial charge in [0.1, 0.15) is 10.7 Å². The number of ether oxygens (including phenoxy) is 1. The maximum Gasteiger partial charge on any atom is 0.416 e. The van der Waals surface area contributed by atoms with E-state index >= 15 is 0 Å². The smallest absolute Gasteiger partial charge is 0.416 e. The second-order valence-corrected chi connectivity index (χ2v) is 7.37. The molecule has 2 heterocycles. The zero-order valence-corrected chi connectivity index (χ0v) is 16.5. The highest BCUT2D eigenvalue weighted by Crippen LogP contribution is 2.31. The summed E-state index contributed by atoms with van der Waals surface area (Å²) in [6.45, 7) is 2.93. The molecule has 1 saturated heterocycles. The lowest BCUT2D eigenvalue weighted by Crippen LogP contribution is -2.37. The van der Waals surface area contributed by atoms with Crippen molar-refractivity contribution in [3.8, 4) is 0 Å². The number of likely N-dealkylation sites (tertiary alicyclic amines) is 1. The lowest BCUT2D eigenvalue weighted by Gasteiger charge is -2.33. The molecule has 5 nitrogen and oxygen atoms in total. The van der Waals surface area contributed by atoms with Crippen molar-refractivity contribution in [1.29, 1.82) is 0 Å². The van der Waals surface area contributed by atoms with Gasteiger partial charge < -0.3 is 9.57 Å². The minimum absolute atomic E-state index is 0.164. The molecule has 1 fully saturated rings. The van der Waals surface area contributed by atoms with Crippen molar-refractivity contribution in [3.63, 3.8) is 0 Å². The molecule has 1 atom stereocenters. The van der Waals surface area contributed by atoms with Crippen molar-refractivity contribution in [2.75, 3.05) is 20.2 Å². The third kappa shape index (κ3) is 6.80. The third-order valence-corrected chi connectivity index (χ3v) is 5.07. The zero-order chi connectivity index (χ0) is 19.9. The van der Waals surface area contributed by atoms with E-state index in [9.17, 15) is 13.2 Å². The Morgan fingerprint density at radius 3 is 2.33 bits per heavy atom. The standard InChI is InChI=1S/C16H18BrF3N2O.C2H4O2/c17-15-9-14(23-21-15)12-5-7-22(8-6-12)10-11-1-3-13(4-2-11)16(18,19)20;1-4-2-3/h1-4,12,14H,5-10H2;2H,1H3. The first-order chi connectivity index (χ1) is 12.8. The summed E-state index contributed by atoms with van der Waals surface area (Å²) in [5.74, 6) is 0.498. The summed E-state index contributed by atoms with van der Waals surface area (Å²) in [5.41, 5.74) is 0.323. The van der Waals surface area contributed by atoms with E-state index in [-0.39, 0.29) is 6.10 Å². The largest absolute Gasteiger partial charge is 0.471 e. The van der Waals surface area contributed by atoms with Crippen LogP contribution < -0.4 is 0 Å². The van der Waals surface area contributed by atoms with Crippen molar-refractivity contribution in [1.82, 2.24) is 4.90 Å². The van der Waals surface area contributed by atoms with Crippen molar-refractivity contribution in [3.05, 3.63) is 35.4 Å². The quantitative estimate of drug-likeness (QED) is 0.644. The number of piperidine rings is 1. The number of methoxy groups -OCH3 is 1. The van der Waals surface area contributed by atoms with E-state index in [1.807, 2.05) is 0 Å². The second-order valence-electron chi connectivity index (χ2n) is 6.46. The molecule has 3 rings (SSSR count). The Hall–Kier alpha value is -1.61. The Morgan fingerprint density at radius 2 is 1.89 bits per heavy atom. The molecule has 0 bridgehead atoms. The molecule has 0 saturated carbocycles. The molecule has 0 aliphatic carbocycles. The van der Waals surface area contributed by atoms with Gasteiger partial charge in [-0.05, 0) is 59.6 Å². The summed E-state index contributed by atoms with van der Waals surface area (Å²) in [6, 6.07) is 5.45. The Kier molecular flexibility index (Phi) is 8.09. The van der Waals surface area contributed by atoms with Gasteiger partial charge in [0.05, 0.1) is 12.7 Å². The zero-order valence-electron chi connectivity index (χ0n) is 14.9. The van der Waals surface area contributed by atoms with Gasteiger partial charge in [0.25, 0.3) is 6.47 Å². The molecule has 0 amide bonds. The first kappa shape index (κ1) is 21.7. The number of hydrogen-bond donors (Lipinski definition) is 0. The van der Waals surface area contributed by atoms with Crippen LogP contribution in [0.15, 0.2) is 29.4 Å². The van der Waals surface area contributed by atoms with Crippen LogP contribution in [0.3, 0.4) is 0 Å². The van der Waals surface area contributed by atoms with E-state index < -0.39 is 11.7 Å². The Balaban J connectivity index is 0.000000596. The summed E-state index contributed by atoms with van der Waals surface area (Å²) in [7, 11) is 1.31. The van der Waals surface area contributed by atoms with E-state index in [1.54, 1.807) is 12.1 Å². The highest BCUT2D eigenvalue weighted by atomic mass is 79.9. The Bertz CT molecular complexity index is 630. The van der Waals surface area contributed by atoms with Crippen molar-refractivity contribution in [2.45, 2.75) is 38.1 Å². The number of carbonyl (C=O) groups excluding carboxylic acids is 1. The predicted octanol–water partition coefficient (Wildman–Crippen LogP) is 4.20. The first-order valence-electron chi connectivity index (χ1n) is 8.56. The first-order valence-corrected chi connectivity index (χ1v) is 9.36. The van der Waals surface area contributed by atoms with Gasteiger partial charge in [-0.3, -0.25) is 9.69 Å². The molecule has 9 heteroatoms. The number of benzene rings is 1. The number of alkyl halides is 3. The van der Waals surface area contributed by atoms with Crippen molar-refractivity contribution in [2.24, 2.45) is 11.1 Å². The summed E-state index contributed by atoms with van der Waals surface area (Å²) in [4.78, 5) is 16.7. The van der Waals surface area contributed by atoms with Crippen molar-refractivity contribution >= 4 is 27.0 Å². The van der Waals surface area contributed by atoms with Crippen LogP contribution in [0.1, 0.15) is 30.4 Å². The minimum atomic E-state index is -4.27. The van der Waals surface area contributed by atoms with Crippen LogP contribution in [0, 0.1) is 5.92 Å².